The van der Waals surface area contributed by atoms with Crippen molar-refractivity contribution in [2.24, 2.45) is 5.92 Å². The molecule has 0 radical (unpaired) electrons. The Balaban J connectivity index is 1.43. The Bertz CT molecular complexity index is 499. The average molecular weight is 330 g/mol. The molecule has 2 saturated heterocycles. The zero-order valence-electron chi connectivity index (χ0n) is 14.6. The van der Waals surface area contributed by atoms with Gasteiger partial charge in [0, 0.05) is 19.3 Å². The Morgan fingerprint density at radius 1 is 1.12 bits per heavy atom. The standard InChI is InChI=1S/C19H30N4O/c24-19(21-18-8-5-9-20-13-18)16-23-12-6-7-17(15-23)14-22-10-3-1-2-4-11-22/h5,8-9,13,17H,1-4,6-7,10-12,14-16H2,(H,21,24). The van der Waals surface area contributed by atoms with Crippen LogP contribution in [0.5, 0.6) is 0 Å². The third kappa shape index (κ3) is 5.56. The lowest BCUT2D eigenvalue weighted by Gasteiger charge is -2.35. The van der Waals surface area contributed by atoms with Gasteiger partial charge in [0.15, 0.2) is 0 Å². The quantitative estimate of drug-likeness (QED) is 0.901. The monoisotopic (exact) mass is 330 g/mol. The van der Waals surface area contributed by atoms with Gasteiger partial charge in [0.25, 0.3) is 0 Å². The van der Waals surface area contributed by atoms with E-state index in [1.165, 1.54) is 58.2 Å². The van der Waals surface area contributed by atoms with Crippen LogP contribution in [0.25, 0.3) is 0 Å². The number of aromatic nitrogens is 1. The lowest BCUT2D eigenvalue weighted by atomic mass is 9.97. The highest BCUT2D eigenvalue weighted by Gasteiger charge is 2.23. The van der Waals surface area contributed by atoms with Crippen LogP contribution in [0.4, 0.5) is 5.69 Å². The molecule has 24 heavy (non-hydrogen) atoms. The first kappa shape index (κ1) is 17.4. The molecule has 132 valence electrons. The second-order valence-electron chi connectivity index (χ2n) is 7.25. The van der Waals surface area contributed by atoms with E-state index in [0.29, 0.717) is 12.5 Å². The Kier molecular flexibility index (Phi) is 6.61. The van der Waals surface area contributed by atoms with Crippen LogP contribution in [0.1, 0.15) is 38.5 Å². The van der Waals surface area contributed by atoms with E-state index in [-0.39, 0.29) is 5.91 Å². The summed E-state index contributed by atoms with van der Waals surface area (Å²) in [6.45, 7) is 6.32. The minimum atomic E-state index is 0.0680. The molecule has 2 fully saturated rings. The van der Waals surface area contributed by atoms with Gasteiger partial charge in [0.05, 0.1) is 18.4 Å². The van der Waals surface area contributed by atoms with Crippen molar-refractivity contribution in [2.75, 3.05) is 44.6 Å². The fourth-order valence-corrected chi connectivity index (χ4v) is 3.97. The number of piperidine rings is 1. The van der Waals surface area contributed by atoms with Gasteiger partial charge < -0.3 is 10.2 Å². The summed E-state index contributed by atoms with van der Waals surface area (Å²) in [5.41, 5.74) is 0.778. The number of rotatable bonds is 5. The summed E-state index contributed by atoms with van der Waals surface area (Å²) >= 11 is 0. The summed E-state index contributed by atoms with van der Waals surface area (Å²) in [5, 5.41) is 2.94. The fraction of sp³-hybridized carbons (Fsp3) is 0.684. The van der Waals surface area contributed by atoms with Crippen molar-refractivity contribution >= 4 is 11.6 Å². The van der Waals surface area contributed by atoms with Crippen molar-refractivity contribution in [3.63, 3.8) is 0 Å². The van der Waals surface area contributed by atoms with E-state index in [4.69, 9.17) is 0 Å². The molecule has 0 saturated carbocycles. The molecule has 3 rings (SSSR count). The normalized spacial score (nSPS) is 23.6. The predicted octanol–water partition coefficient (Wildman–Crippen LogP) is 2.61. The molecule has 0 aromatic carbocycles. The third-order valence-electron chi connectivity index (χ3n) is 5.13. The van der Waals surface area contributed by atoms with Crippen LogP contribution < -0.4 is 5.32 Å². The van der Waals surface area contributed by atoms with Crippen LogP contribution >= 0.6 is 0 Å². The summed E-state index contributed by atoms with van der Waals surface area (Å²) in [5.74, 6) is 0.779. The maximum absolute atomic E-state index is 12.2. The van der Waals surface area contributed by atoms with Gasteiger partial charge in [0.1, 0.15) is 0 Å². The number of hydrogen-bond acceptors (Lipinski definition) is 4. The van der Waals surface area contributed by atoms with Crippen LogP contribution in [0.2, 0.25) is 0 Å². The summed E-state index contributed by atoms with van der Waals surface area (Å²) in [4.78, 5) is 21.2. The SMILES string of the molecule is O=C(CN1CCCC(CN2CCCCCC2)C1)Nc1cccnc1. The molecular formula is C19H30N4O. The number of likely N-dealkylation sites (tertiary alicyclic amines) is 2. The van der Waals surface area contributed by atoms with Crippen molar-refractivity contribution in [1.29, 1.82) is 0 Å². The van der Waals surface area contributed by atoms with Gasteiger partial charge in [-0.1, -0.05) is 12.8 Å². The molecule has 5 heteroatoms. The number of nitrogens with one attached hydrogen (secondary N) is 1. The van der Waals surface area contributed by atoms with Crippen LogP contribution in [0.3, 0.4) is 0 Å². The summed E-state index contributed by atoms with van der Waals surface area (Å²) in [6, 6.07) is 3.72. The maximum Gasteiger partial charge on any atom is 0.238 e. The van der Waals surface area contributed by atoms with Crippen LogP contribution in [-0.2, 0) is 4.79 Å². The average Bonchev–Trinajstić information content (AvgIpc) is 2.85. The van der Waals surface area contributed by atoms with E-state index in [2.05, 4.69) is 20.1 Å². The number of carbonyl (C=O) groups is 1. The summed E-state index contributed by atoms with van der Waals surface area (Å²) in [6.07, 6.45) is 11.4. The number of hydrogen-bond donors (Lipinski definition) is 1. The molecule has 0 spiro atoms. The first-order valence-corrected chi connectivity index (χ1v) is 9.44. The molecule has 0 bridgehead atoms. The molecule has 1 atom stereocenters. The summed E-state index contributed by atoms with van der Waals surface area (Å²) in [7, 11) is 0. The lowest BCUT2D eigenvalue weighted by Crippen LogP contribution is -2.44. The molecule has 1 aromatic heterocycles. The molecule has 1 amide bonds. The van der Waals surface area contributed by atoms with Gasteiger partial charge >= 0.3 is 0 Å². The van der Waals surface area contributed by atoms with E-state index in [0.717, 1.165) is 18.8 Å². The van der Waals surface area contributed by atoms with E-state index in [1.807, 2.05) is 12.1 Å². The van der Waals surface area contributed by atoms with E-state index >= 15 is 0 Å². The van der Waals surface area contributed by atoms with E-state index < -0.39 is 0 Å². The zero-order valence-corrected chi connectivity index (χ0v) is 14.6. The number of anilines is 1. The maximum atomic E-state index is 12.2. The molecule has 1 N–H and O–H groups in total. The van der Waals surface area contributed by atoms with Gasteiger partial charge in [-0.15, -0.1) is 0 Å². The first-order chi connectivity index (χ1) is 11.8. The molecule has 0 aliphatic carbocycles. The first-order valence-electron chi connectivity index (χ1n) is 9.44. The second-order valence-corrected chi connectivity index (χ2v) is 7.25. The smallest absolute Gasteiger partial charge is 0.238 e. The van der Waals surface area contributed by atoms with Crippen molar-refractivity contribution in [1.82, 2.24) is 14.8 Å². The number of nitrogens with zero attached hydrogens (tertiary/aromatic N) is 3. The largest absolute Gasteiger partial charge is 0.324 e. The van der Waals surface area contributed by atoms with Crippen molar-refractivity contribution in [3.8, 4) is 0 Å². The minimum absolute atomic E-state index is 0.0680. The van der Waals surface area contributed by atoms with E-state index in [1.54, 1.807) is 12.4 Å². The highest BCUT2D eigenvalue weighted by atomic mass is 16.2. The van der Waals surface area contributed by atoms with Crippen LogP contribution in [0.15, 0.2) is 24.5 Å². The van der Waals surface area contributed by atoms with Gasteiger partial charge in [0.2, 0.25) is 5.91 Å². The number of carbonyl (C=O) groups excluding carboxylic acids is 1. The predicted molar refractivity (Wildman–Crippen MR) is 96.9 cm³/mol. The summed E-state index contributed by atoms with van der Waals surface area (Å²) < 4.78 is 0. The Morgan fingerprint density at radius 2 is 1.92 bits per heavy atom. The van der Waals surface area contributed by atoms with Crippen molar-refractivity contribution < 1.29 is 4.79 Å². The molecule has 2 aliphatic rings. The fourth-order valence-electron chi connectivity index (χ4n) is 3.97. The highest BCUT2D eigenvalue weighted by Crippen LogP contribution is 2.19. The number of amides is 1. The van der Waals surface area contributed by atoms with Crippen LogP contribution in [-0.4, -0.2) is 60.0 Å². The third-order valence-corrected chi connectivity index (χ3v) is 5.13. The molecular weight excluding hydrogens is 300 g/mol. The Hall–Kier alpha value is -1.46. The second kappa shape index (κ2) is 9.14. The van der Waals surface area contributed by atoms with Gasteiger partial charge in [-0.05, 0) is 63.4 Å². The molecule has 3 heterocycles. The lowest BCUT2D eigenvalue weighted by molar-refractivity contribution is -0.117. The van der Waals surface area contributed by atoms with Gasteiger partial charge in [-0.25, -0.2) is 0 Å². The molecule has 5 nitrogen and oxygen atoms in total. The molecule has 1 aromatic rings. The van der Waals surface area contributed by atoms with E-state index in [9.17, 15) is 4.79 Å². The topological polar surface area (TPSA) is 48.5 Å². The molecule has 1 unspecified atom stereocenters. The Morgan fingerprint density at radius 3 is 2.67 bits per heavy atom. The van der Waals surface area contributed by atoms with Crippen molar-refractivity contribution in [2.45, 2.75) is 38.5 Å². The Labute approximate surface area is 145 Å². The number of pyridine rings is 1. The van der Waals surface area contributed by atoms with Gasteiger partial charge in [-0.3, -0.25) is 14.7 Å². The van der Waals surface area contributed by atoms with Crippen molar-refractivity contribution in [3.05, 3.63) is 24.5 Å². The minimum Gasteiger partial charge on any atom is -0.324 e. The molecule has 2 aliphatic heterocycles. The van der Waals surface area contributed by atoms with Crippen LogP contribution in [0, 0.1) is 5.92 Å². The highest BCUT2D eigenvalue weighted by molar-refractivity contribution is 5.92. The zero-order chi connectivity index (χ0) is 16.6. The van der Waals surface area contributed by atoms with Gasteiger partial charge in [-0.2, -0.15) is 0 Å².